The molecule has 0 fully saturated rings. The lowest BCUT2D eigenvalue weighted by Gasteiger charge is -2.12. The van der Waals surface area contributed by atoms with Gasteiger partial charge in [-0.05, 0) is 23.8 Å². The highest BCUT2D eigenvalue weighted by atomic mass is 16.5. The molecule has 0 aromatic heterocycles. The minimum absolute atomic E-state index is 0.414. The van der Waals surface area contributed by atoms with E-state index in [-0.39, 0.29) is 0 Å². The molecule has 0 spiro atoms. The Labute approximate surface area is 119 Å². The van der Waals surface area contributed by atoms with Crippen LogP contribution in [0.15, 0.2) is 48.5 Å². The molecular weight excluding hydrogens is 250 g/mol. The van der Waals surface area contributed by atoms with Gasteiger partial charge in [0, 0.05) is 30.8 Å². The molecule has 1 aliphatic heterocycles. The number of hydrogen-bond donors (Lipinski definition) is 1. The highest BCUT2D eigenvalue weighted by Gasteiger charge is 2.23. The van der Waals surface area contributed by atoms with Crippen molar-refractivity contribution in [3.05, 3.63) is 59.7 Å². The first-order valence-corrected chi connectivity index (χ1v) is 6.90. The van der Waals surface area contributed by atoms with Crippen LogP contribution in [0, 0.1) is 0 Å². The molecule has 1 aliphatic rings. The minimum Gasteiger partial charge on any atom is -0.493 e. The van der Waals surface area contributed by atoms with Crippen molar-refractivity contribution in [3.63, 3.8) is 0 Å². The largest absolute Gasteiger partial charge is 0.493 e. The summed E-state index contributed by atoms with van der Waals surface area (Å²) in [5.41, 5.74) is 3.61. The van der Waals surface area contributed by atoms with E-state index in [9.17, 15) is 0 Å². The van der Waals surface area contributed by atoms with Gasteiger partial charge in [0.1, 0.15) is 5.75 Å². The Kier molecular flexibility index (Phi) is 3.88. The topological polar surface area (TPSA) is 30.5 Å². The Hall–Kier alpha value is -2.00. The molecule has 0 radical (unpaired) electrons. The molecule has 0 saturated carbocycles. The zero-order valence-corrected chi connectivity index (χ0v) is 11.6. The molecule has 1 heterocycles. The van der Waals surface area contributed by atoms with E-state index in [2.05, 4.69) is 41.7 Å². The summed E-state index contributed by atoms with van der Waals surface area (Å²) in [5, 5.41) is 3.49. The lowest BCUT2D eigenvalue weighted by Crippen LogP contribution is -2.14. The van der Waals surface area contributed by atoms with Gasteiger partial charge in [-0.1, -0.05) is 30.3 Å². The highest BCUT2D eigenvalue weighted by Crippen LogP contribution is 2.33. The first-order chi connectivity index (χ1) is 9.86. The molecular formula is C17H19NO2. The summed E-state index contributed by atoms with van der Waals surface area (Å²) in [4.78, 5) is 0. The summed E-state index contributed by atoms with van der Waals surface area (Å²) in [6, 6.07) is 16.6. The quantitative estimate of drug-likeness (QED) is 0.902. The first kappa shape index (κ1) is 13.0. The van der Waals surface area contributed by atoms with Crippen LogP contribution in [0.5, 0.6) is 5.75 Å². The van der Waals surface area contributed by atoms with E-state index in [1.54, 1.807) is 7.11 Å². The van der Waals surface area contributed by atoms with Crippen molar-refractivity contribution >= 4 is 5.69 Å². The van der Waals surface area contributed by atoms with Gasteiger partial charge in [-0.2, -0.15) is 0 Å². The summed E-state index contributed by atoms with van der Waals surface area (Å²) in [7, 11) is 1.72. The number of hydrogen-bond acceptors (Lipinski definition) is 3. The van der Waals surface area contributed by atoms with Crippen LogP contribution in [0.3, 0.4) is 0 Å². The average Bonchev–Trinajstić information content (AvgIpc) is 2.89. The number of anilines is 1. The van der Waals surface area contributed by atoms with E-state index < -0.39 is 0 Å². The maximum Gasteiger partial charge on any atom is 0.122 e. The molecule has 0 saturated heterocycles. The number of ether oxygens (including phenoxy) is 2. The van der Waals surface area contributed by atoms with Gasteiger partial charge in [0.25, 0.3) is 0 Å². The standard InChI is InChI=1S/C17H19NO2/c1-19-11-13-5-4-6-15(9-13)18-10-14-12-20-17-8-3-2-7-16(14)17/h2-9,14,18H,10-12H2,1H3. The van der Waals surface area contributed by atoms with Crippen LogP contribution in [0.1, 0.15) is 17.0 Å². The number of para-hydroxylation sites is 1. The van der Waals surface area contributed by atoms with E-state index in [0.29, 0.717) is 12.5 Å². The van der Waals surface area contributed by atoms with Crippen molar-refractivity contribution in [3.8, 4) is 5.75 Å². The molecule has 2 aromatic rings. The summed E-state index contributed by atoms with van der Waals surface area (Å²) in [6.07, 6.45) is 0. The summed E-state index contributed by atoms with van der Waals surface area (Å²) in [5.74, 6) is 1.43. The first-order valence-electron chi connectivity index (χ1n) is 6.90. The lowest BCUT2D eigenvalue weighted by atomic mass is 10.0. The fourth-order valence-electron chi connectivity index (χ4n) is 2.58. The van der Waals surface area contributed by atoms with Gasteiger partial charge in [-0.25, -0.2) is 0 Å². The van der Waals surface area contributed by atoms with Crippen LogP contribution in [0.2, 0.25) is 0 Å². The highest BCUT2D eigenvalue weighted by molar-refractivity contribution is 5.47. The lowest BCUT2D eigenvalue weighted by molar-refractivity contribution is 0.185. The number of rotatable bonds is 5. The SMILES string of the molecule is COCc1cccc(NCC2COc3ccccc32)c1. The van der Waals surface area contributed by atoms with Crippen LogP contribution in [0.25, 0.3) is 0 Å². The normalized spacial score (nSPS) is 16.6. The van der Waals surface area contributed by atoms with Gasteiger partial charge in [-0.3, -0.25) is 0 Å². The molecule has 1 atom stereocenters. The number of nitrogens with one attached hydrogen (secondary N) is 1. The monoisotopic (exact) mass is 269 g/mol. The van der Waals surface area contributed by atoms with Crippen molar-refractivity contribution < 1.29 is 9.47 Å². The molecule has 3 heteroatoms. The van der Waals surface area contributed by atoms with E-state index in [1.807, 2.05) is 12.1 Å². The van der Waals surface area contributed by atoms with Crippen molar-refractivity contribution in [2.24, 2.45) is 0 Å². The molecule has 0 aliphatic carbocycles. The van der Waals surface area contributed by atoms with Gasteiger partial charge in [-0.15, -0.1) is 0 Å². The second-order valence-corrected chi connectivity index (χ2v) is 5.06. The molecule has 104 valence electrons. The van der Waals surface area contributed by atoms with Gasteiger partial charge in [0.2, 0.25) is 0 Å². The molecule has 2 aromatic carbocycles. The summed E-state index contributed by atoms with van der Waals surface area (Å²) in [6.45, 7) is 2.28. The number of fused-ring (bicyclic) bond motifs is 1. The van der Waals surface area contributed by atoms with Crippen LogP contribution in [0.4, 0.5) is 5.69 Å². The third-order valence-corrected chi connectivity index (χ3v) is 3.59. The summed E-state index contributed by atoms with van der Waals surface area (Å²) >= 11 is 0. The number of methoxy groups -OCH3 is 1. The predicted molar refractivity (Wildman–Crippen MR) is 80.3 cm³/mol. The molecule has 1 unspecified atom stereocenters. The zero-order chi connectivity index (χ0) is 13.8. The maximum absolute atomic E-state index is 5.70. The molecule has 0 bridgehead atoms. The van der Waals surface area contributed by atoms with Gasteiger partial charge >= 0.3 is 0 Å². The second-order valence-electron chi connectivity index (χ2n) is 5.06. The van der Waals surface area contributed by atoms with Crippen molar-refractivity contribution in [1.29, 1.82) is 0 Å². The van der Waals surface area contributed by atoms with E-state index in [4.69, 9.17) is 9.47 Å². The van der Waals surface area contributed by atoms with Crippen molar-refractivity contribution in [2.45, 2.75) is 12.5 Å². The van der Waals surface area contributed by atoms with Crippen LogP contribution in [-0.4, -0.2) is 20.3 Å². The fourth-order valence-corrected chi connectivity index (χ4v) is 2.58. The smallest absolute Gasteiger partial charge is 0.122 e. The van der Waals surface area contributed by atoms with Crippen molar-refractivity contribution in [2.75, 3.05) is 25.6 Å². The Morgan fingerprint density at radius 3 is 3.00 bits per heavy atom. The van der Waals surface area contributed by atoms with Crippen LogP contribution in [-0.2, 0) is 11.3 Å². The predicted octanol–water partition coefficient (Wildman–Crippen LogP) is 3.42. The second kappa shape index (κ2) is 5.97. The fraction of sp³-hybridized carbons (Fsp3) is 0.294. The Bertz CT molecular complexity index is 583. The maximum atomic E-state index is 5.70. The van der Waals surface area contributed by atoms with E-state index in [1.165, 1.54) is 11.1 Å². The van der Waals surface area contributed by atoms with Crippen molar-refractivity contribution in [1.82, 2.24) is 0 Å². The van der Waals surface area contributed by atoms with Gasteiger partial charge in [0.05, 0.1) is 13.2 Å². The zero-order valence-electron chi connectivity index (χ0n) is 11.6. The van der Waals surface area contributed by atoms with Crippen LogP contribution >= 0.6 is 0 Å². The molecule has 20 heavy (non-hydrogen) atoms. The van der Waals surface area contributed by atoms with Crippen LogP contribution < -0.4 is 10.1 Å². The molecule has 1 N–H and O–H groups in total. The van der Waals surface area contributed by atoms with E-state index >= 15 is 0 Å². The third kappa shape index (κ3) is 2.78. The molecule has 3 nitrogen and oxygen atoms in total. The average molecular weight is 269 g/mol. The Morgan fingerprint density at radius 1 is 1.20 bits per heavy atom. The Balaban J connectivity index is 1.64. The molecule has 0 amide bonds. The Morgan fingerprint density at radius 2 is 2.10 bits per heavy atom. The third-order valence-electron chi connectivity index (χ3n) is 3.59. The van der Waals surface area contributed by atoms with E-state index in [0.717, 1.165) is 24.6 Å². The number of benzene rings is 2. The summed E-state index contributed by atoms with van der Waals surface area (Å²) < 4.78 is 10.9. The van der Waals surface area contributed by atoms with Gasteiger partial charge in [0.15, 0.2) is 0 Å². The molecule has 3 rings (SSSR count). The minimum atomic E-state index is 0.414. The van der Waals surface area contributed by atoms with Gasteiger partial charge < -0.3 is 14.8 Å².